The third-order valence-corrected chi connectivity index (χ3v) is 3.31. The lowest BCUT2D eigenvalue weighted by Crippen LogP contribution is -2.49. The summed E-state index contributed by atoms with van der Waals surface area (Å²) < 4.78 is 5.16. The Morgan fingerprint density at radius 1 is 1.31 bits per heavy atom. The second-order valence-corrected chi connectivity index (χ2v) is 4.40. The number of hydrogen-bond acceptors (Lipinski definition) is 4. The van der Waals surface area contributed by atoms with Gasteiger partial charge in [-0.3, -0.25) is 9.59 Å². The van der Waals surface area contributed by atoms with Gasteiger partial charge in [0, 0.05) is 12.6 Å². The highest BCUT2D eigenvalue weighted by Gasteiger charge is 2.40. The molecule has 2 aliphatic heterocycles. The van der Waals surface area contributed by atoms with Crippen LogP contribution in [-0.4, -0.2) is 48.6 Å². The summed E-state index contributed by atoms with van der Waals surface area (Å²) in [5.41, 5.74) is 11.0. The molecule has 90 valence electrons. The average molecular weight is 227 g/mol. The van der Waals surface area contributed by atoms with Crippen molar-refractivity contribution in [2.75, 3.05) is 19.8 Å². The van der Waals surface area contributed by atoms with Crippen molar-refractivity contribution in [3.8, 4) is 0 Å². The number of ether oxygens (including phenoxy) is 1. The summed E-state index contributed by atoms with van der Waals surface area (Å²) in [7, 11) is 0. The van der Waals surface area contributed by atoms with E-state index in [0.717, 1.165) is 6.42 Å². The molecule has 2 heterocycles. The molecule has 2 aliphatic rings. The Morgan fingerprint density at radius 2 is 2.06 bits per heavy atom. The van der Waals surface area contributed by atoms with Gasteiger partial charge in [0.2, 0.25) is 11.8 Å². The van der Waals surface area contributed by atoms with Crippen LogP contribution in [0.2, 0.25) is 0 Å². The Hall–Kier alpha value is -1.14. The molecule has 0 radical (unpaired) electrons. The summed E-state index contributed by atoms with van der Waals surface area (Å²) in [5, 5.41) is 0. The van der Waals surface area contributed by atoms with E-state index in [1.165, 1.54) is 0 Å². The molecule has 0 saturated carbocycles. The topological polar surface area (TPSA) is 98.7 Å². The van der Waals surface area contributed by atoms with Gasteiger partial charge in [-0.1, -0.05) is 0 Å². The highest BCUT2D eigenvalue weighted by molar-refractivity contribution is 5.88. The zero-order valence-electron chi connectivity index (χ0n) is 9.09. The Bertz CT molecular complexity index is 308. The molecule has 16 heavy (non-hydrogen) atoms. The van der Waals surface area contributed by atoms with Crippen LogP contribution in [0.25, 0.3) is 0 Å². The average Bonchev–Trinajstić information content (AvgIpc) is 2.84. The molecule has 0 aliphatic carbocycles. The number of amides is 2. The molecule has 0 aromatic rings. The monoisotopic (exact) mass is 227 g/mol. The van der Waals surface area contributed by atoms with Crippen molar-refractivity contribution in [1.82, 2.24) is 4.90 Å². The van der Waals surface area contributed by atoms with Gasteiger partial charge < -0.3 is 21.1 Å². The van der Waals surface area contributed by atoms with Crippen molar-refractivity contribution in [1.29, 1.82) is 0 Å². The molecular formula is C10H17N3O3. The third-order valence-electron chi connectivity index (χ3n) is 3.31. The molecule has 0 aromatic heterocycles. The molecule has 6 nitrogen and oxygen atoms in total. The van der Waals surface area contributed by atoms with Gasteiger partial charge in [0.25, 0.3) is 0 Å². The van der Waals surface area contributed by atoms with E-state index in [0.29, 0.717) is 26.2 Å². The van der Waals surface area contributed by atoms with Crippen molar-refractivity contribution >= 4 is 11.8 Å². The Labute approximate surface area is 93.9 Å². The first-order valence-electron chi connectivity index (χ1n) is 5.54. The normalized spacial score (nSPS) is 34.3. The van der Waals surface area contributed by atoms with E-state index in [4.69, 9.17) is 16.2 Å². The van der Waals surface area contributed by atoms with E-state index in [2.05, 4.69) is 0 Å². The van der Waals surface area contributed by atoms with Gasteiger partial charge in [-0.15, -0.1) is 0 Å². The van der Waals surface area contributed by atoms with E-state index in [9.17, 15) is 9.59 Å². The maximum Gasteiger partial charge on any atom is 0.240 e. The van der Waals surface area contributed by atoms with Crippen LogP contribution in [0.5, 0.6) is 0 Å². The van der Waals surface area contributed by atoms with Crippen LogP contribution in [0.1, 0.15) is 12.8 Å². The number of nitrogens with two attached hydrogens (primary N) is 2. The second-order valence-electron chi connectivity index (χ2n) is 4.40. The Morgan fingerprint density at radius 3 is 2.62 bits per heavy atom. The van der Waals surface area contributed by atoms with Crippen molar-refractivity contribution < 1.29 is 14.3 Å². The van der Waals surface area contributed by atoms with Crippen molar-refractivity contribution in [2.45, 2.75) is 24.9 Å². The predicted octanol–water partition coefficient (Wildman–Crippen LogP) is -1.56. The molecule has 3 unspecified atom stereocenters. The number of primary amides is 1. The first-order valence-corrected chi connectivity index (χ1v) is 5.54. The summed E-state index contributed by atoms with van der Waals surface area (Å²) in [4.78, 5) is 24.9. The van der Waals surface area contributed by atoms with E-state index < -0.39 is 11.9 Å². The molecule has 2 fully saturated rings. The van der Waals surface area contributed by atoms with Gasteiger partial charge in [0.15, 0.2) is 0 Å². The fraction of sp³-hybridized carbons (Fsp3) is 0.800. The lowest BCUT2D eigenvalue weighted by molar-refractivity contribution is -0.140. The van der Waals surface area contributed by atoms with Crippen molar-refractivity contribution in [3.63, 3.8) is 0 Å². The molecule has 2 amide bonds. The van der Waals surface area contributed by atoms with Gasteiger partial charge in [-0.25, -0.2) is 0 Å². The number of nitrogens with zero attached hydrogens (tertiary/aromatic N) is 1. The van der Waals surface area contributed by atoms with Crippen LogP contribution in [0.3, 0.4) is 0 Å². The zero-order valence-corrected chi connectivity index (χ0v) is 9.09. The van der Waals surface area contributed by atoms with Crippen LogP contribution in [0.4, 0.5) is 0 Å². The zero-order chi connectivity index (χ0) is 11.7. The summed E-state index contributed by atoms with van der Waals surface area (Å²) in [6.45, 7) is 1.35. The van der Waals surface area contributed by atoms with Gasteiger partial charge >= 0.3 is 0 Å². The summed E-state index contributed by atoms with van der Waals surface area (Å²) >= 11 is 0. The maximum atomic E-state index is 12.1. The van der Waals surface area contributed by atoms with Crippen LogP contribution < -0.4 is 11.5 Å². The van der Waals surface area contributed by atoms with Crippen LogP contribution >= 0.6 is 0 Å². The van der Waals surface area contributed by atoms with E-state index >= 15 is 0 Å². The fourth-order valence-corrected chi connectivity index (χ4v) is 2.36. The number of carbonyl (C=O) groups excluding carboxylic acids is 2. The molecular weight excluding hydrogens is 210 g/mol. The summed E-state index contributed by atoms with van der Waals surface area (Å²) in [6.07, 6.45) is 1.48. The third kappa shape index (κ3) is 1.90. The Balaban J connectivity index is 2.06. The van der Waals surface area contributed by atoms with Gasteiger partial charge in [-0.2, -0.15) is 0 Å². The molecule has 2 saturated heterocycles. The number of hydrogen-bond donors (Lipinski definition) is 2. The van der Waals surface area contributed by atoms with Gasteiger partial charge in [0.05, 0.1) is 19.1 Å². The number of likely N-dealkylation sites (tertiary alicyclic amines) is 1. The predicted molar refractivity (Wildman–Crippen MR) is 56.2 cm³/mol. The standard InChI is InChI=1S/C10H17N3O3/c11-7-5-16-4-6(7)10(15)13-3-1-2-8(13)9(12)14/h6-8H,1-5,11H2,(H2,12,14). The van der Waals surface area contributed by atoms with Crippen molar-refractivity contribution in [2.24, 2.45) is 17.4 Å². The largest absolute Gasteiger partial charge is 0.379 e. The lowest BCUT2D eigenvalue weighted by Gasteiger charge is -2.26. The Kier molecular flexibility index (Phi) is 3.11. The number of rotatable bonds is 2. The summed E-state index contributed by atoms with van der Waals surface area (Å²) in [5.74, 6) is -0.843. The fourth-order valence-electron chi connectivity index (χ4n) is 2.36. The molecule has 0 bridgehead atoms. The highest BCUT2D eigenvalue weighted by Crippen LogP contribution is 2.22. The molecule has 0 aromatic carbocycles. The van der Waals surface area contributed by atoms with E-state index in [1.807, 2.05) is 0 Å². The first kappa shape index (κ1) is 11.3. The van der Waals surface area contributed by atoms with E-state index in [-0.39, 0.29) is 17.9 Å². The van der Waals surface area contributed by atoms with Crippen molar-refractivity contribution in [3.05, 3.63) is 0 Å². The second kappa shape index (κ2) is 4.39. The summed E-state index contributed by atoms with van der Waals surface area (Å²) in [6, 6.07) is -0.720. The minimum atomic E-state index is -0.458. The highest BCUT2D eigenvalue weighted by atomic mass is 16.5. The van der Waals surface area contributed by atoms with E-state index in [1.54, 1.807) is 4.90 Å². The molecule has 2 rings (SSSR count). The first-order chi connectivity index (χ1) is 7.61. The SMILES string of the molecule is NC(=O)C1CCCN1C(=O)C1COCC1N. The molecule has 6 heteroatoms. The van der Waals surface area contributed by atoms with Crippen LogP contribution in [-0.2, 0) is 14.3 Å². The van der Waals surface area contributed by atoms with Gasteiger partial charge in [-0.05, 0) is 12.8 Å². The van der Waals surface area contributed by atoms with Gasteiger partial charge in [0.1, 0.15) is 6.04 Å². The molecule has 0 spiro atoms. The molecule has 3 atom stereocenters. The minimum absolute atomic E-state index is 0.0914. The quantitative estimate of drug-likeness (QED) is 0.595. The smallest absolute Gasteiger partial charge is 0.240 e. The van der Waals surface area contributed by atoms with Crippen LogP contribution in [0.15, 0.2) is 0 Å². The minimum Gasteiger partial charge on any atom is -0.379 e. The number of carbonyl (C=O) groups is 2. The lowest BCUT2D eigenvalue weighted by atomic mass is 10.0. The van der Waals surface area contributed by atoms with Crippen LogP contribution in [0, 0.1) is 5.92 Å². The molecule has 4 N–H and O–H groups in total. The maximum absolute atomic E-state index is 12.1.